The van der Waals surface area contributed by atoms with Crippen molar-refractivity contribution in [3.05, 3.63) is 65.3 Å². The standard InChI is InChI=1S/C19H13N5O3/c20-8-12-15(11-1-2-13-14(7-11)26-9-25-13)16-17(10-3-5-22-6-4-10)23-24-19(16)27-18(12)21/h1-7,15H,9,21H2,(H,23,24). The van der Waals surface area contributed by atoms with Crippen LogP contribution >= 0.6 is 0 Å². The number of pyridine rings is 1. The van der Waals surface area contributed by atoms with Gasteiger partial charge in [0.1, 0.15) is 11.6 Å². The number of fused-ring (bicyclic) bond motifs is 2. The Morgan fingerprint density at radius 2 is 1.96 bits per heavy atom. The van der Waals surface area contributed by atoms with Crippen molar-refractivity contribution in [2.24, 2.45) is 5.73 Å². The second-order valence-corrected chi connectivity index (χ2v) is 6.09. The average Bonchev–Trinajstić information content (AvgIpc) is 3.33. The van der Waals surface area contributed by atoms with Crippen LogP contribution in [0.25, 0.3) is 11.3 Å². The van der Waals surface area contributed by atoms with Gasteiger partial charge in [-0.15, -0.1) is 5.10 Å². The van der Waals surface area contributed by atoms with Crippen LogP contribution in [0.5, 0.6) is 17.4 Å². The molecule has 0 spiro atoms. The lowest BCUT2D eigenvalue weighted by molar-refractivity contribution is 0.174. The maximum Gasteiger partial charge on any atom is 0.244 e. The Hall–Kier alpha value is -3.99. The van der Waals surface area contributed by atoms with Crippen molar-refractivity contribution in [3.63, 3.8) is 0 Å². The van der Waals surface area contributed by atoms with Gasteiger partial charge in [-0.2, -0.15) is 5.26 Å². The van der Waals surface area contributed by atoms with Gasteiger partial charge >= 0.3 is 0 Å². The van der Waals surface area contributed by atoms with Gasteiger partial charge in [0, 0.05) is 18.0 Å². The maximum absolute atomic E-state index is 9.75. The molecule has 8 heteroatoms. The van der Waals surface area contributed by atoms with Crippen LogP contribution in [0.4, 0.5) is 0 Å². The molecule has 1 aromatic carbocycles. The number of H-pyrrole nitrogens is 1. The Kier molecular flexibility index (Phi) is 3.27. The second kappa shape index (κ2) is 5.78. The van der Waals surface area contributed by atoms with Crippen LogP contribution in [-0.2, 0) is 0 Å². The first kappa shape index (κ1) is 15.3. The first-order valence-corrected chi connectivity index (χ1v) is 8.22. The van der Waals surface area contributed by atoms with E-state index in [9.17, 15) is 5.26 Å². The maximum atomic E-state index is 9.75. The molecular formula is C19H13N5O3. The lowest BCUT2D eigenvalue weighted by Crippen LogP contribution is -2.21. The van der Waals surface area contributed by atoms with Crippen LogP contribution < -0.4 is 19.9 Å². The molecule has 4 heterocycles. The second-order valence-electron chi connectivity index (χ2n) is 6.09. The normalized spacial score (nSPS) is 17.2. The Balaban J connectivity index is 1.73. The molecule has 0 radical (unpaired) electrons. The van der Waals surface area contributed by atoms with Crippen LogP contribution in [0.15, 0.2) is 54.2 Å². The van der Waals surface area contributed by atoms with Gasteiger partial charge in [0.25, 0.3) is 0 Å². The molecule has 0 bridgehead atoms. The van der Waals surface area contributed by atoms with Gasteiger partial charge in [-0.1, -0.05) is 6.07 Å². The van der Waals surface area contributed by atoms with Gasteiger partial charge < -0.3 is 19.9 Å². The number of nitrogens with zero attached hydrogens (tertiary/aromatic N) is 3. The summed E-state index contributed by atoms with van der Waals surface area (Å²) in [6.45, 7) is 0.175. The molecule has 3 aromatic rings. The monoisotopic (exact) mass is 359 g/mol. The smallest absolute Gasteiger partial charge is 0.244 e. The summed E-state index contributed by atoms with van der Waals surface area (Å²) in [6, 6.07) is 11.5. The molecule has 1 atom stereocenters. The average molecular weight is 359 g/mol. The van der Waals surface area contributed by atoms with Gasteiger partial charge in [-0.05, 0) is 29.8 Å². The third kappa shape index (κ3) is 2.29. The molecule has 3 N–H and O–H groups in total. The van der Waals surface area contributed by atoms with E-state index in [4.69, 9.17) is 19.9 Å². The SMILES string of the molecule is N#CC1=C(N)Oc2n[nH]c(-c3ccncc3)c2C1c1ccc2c(c1)OCO2. The van der Waals surface area contributed by atoms with Gasteiger partial charge in [-0.25, -0.2) is 0 Å². The largest absolute Gasteiger partial charge is 0.454 e. The summed E-state index contributed by atoms with van der Waals surface area (Å²) in [7, 11) is 0. The Morgan fingerprint density at radius 1 is 1.15 bits per heavy atom. The molecule has 0 saturated heterocycles. The van der Waals surface area contributed by atoms with E-state index in [-0.39, 0.29) is 12.7 Å². The van der Waals surface area contributed by atoms with E-state index >= 15 is 0 Å². The fourth-order valence-corrected chi connectivity index (χ4v) is 3.41. The van der Waals surface area contributed by atoms with E-state index in [0.29, 0.717) is 23.0 Å². The number of hydrogen-bond acceptors (Lipinski definition) is 7. The zero-order valence-electron chi connectivity index (χ0n) is 14.0. The Bertz CT molecular complexity index is 1110. The molecule has 132 valence electrons. The van der Waals surface area contributed by atoms with Crippen molar-refractivity contribution in [2.45, 2.75) is 5.92 Å². The van der Waals surface area contributed by atoms with Crippen molar-refractivity contribution >= 4 is 0 Å². The minimum absolute atomic E-state index is 0.0421. The van der Waals surface area contributed by atoms with Crippen molar-refractivity contribution in [3.8, 4) is 34.7 Å². The van der Waals surface area contributed by atoms with Crippen molar-refractivity contribution in [1.29, 1.82) is 5.26 Å². The summed E-state index contributed by atoms with van der Waals surface area (Å²) in [4.78, 5) is 4.05. The molecule has 0 saturated carbocycles. The molecule has 0 fully saturated rings. The van der Waals surface area contributed by atoms with Crippen LogP contribution in [0.1, 0.15) is 17.0 Å². The quantitative estimate of drug-likeness (QED) is 0.721. The van der Waals surface area contributed by atoms with E-state index in [1.807, 2.05) is 30.3 Å². The van der Waals surface area contributed by atoms with E-state index < -0.39 is 5.92 Å². The van der Waals surface area contributed by atoms with Crippen LogP contribution in [0, 0.1) is 11.3 Å². The highest BCUT2D eigenvalue weighted by Gasteiger charge is 2.36. The summed E-state index contributed by atoms with van der Waals surface area (Å²) in [5.41, 5.74) is 9.53. The fraction of sp³-hybridized carbons (Fsp3) is 0.105. The van der Waals surface area contributed by atoms with E-state index in [0.717, 1.165) is 22.4 Å². The molecule has 0 aliphatic carbocycles. The minimum Gasteiger partial charge on any atom is -0.454 e. The zero-order valence-corrected chi connectivity index (χ0v) is 14.0. The highest BCUT2D eigenvalue weighted by molar-refractivity contribution is 5.70. The highest BCUT2D eigenvalue weighted by atomic mass is 16.7. The van der Waals surface area contributed by atoms with E-state index in [2.05, 4.69) is 21.3 Å². The summed E-state index contributed by atoms with van der Waals surface area (Å²) in [5.74, 6) is 1.24. The van der Waals surface area contributed by atoms with Crippen LogP contribution in [0.2, 0.25) is 0 Å². The van der Waals surface area contributed by atoms with Crippen LogP contribution in [-0.4, -0.2) is 22.0 Å². The molecule has 2 aromatic heterocycles. The summed E-state index contributed by atoms with van der Waals surface area (Å²) < 4.78 is 16.5. The summed E-state index contributed by atoms with van der Waals surface area (Å²) in [6.07, 6.45) is 3.38. The molecule has 5 rings (SSSR count). The van der Waals surface area contributed by atoms with Gasteiger partial charge in [0.05, 0.1) is 17.2 Å². The predicted molar refractivity (Wildman–Crippen MR) is 93.7 cm³/mol. The molecule has 0 amide bonds. The molecule has 2 aliphatic heterocycles. The Morgan fingerprint density at radius 3 is 2.78 bits per heavy atom. The molecule has 2 aliphatic rings. The van der Waals surface area contributed by atoms with Gasteiger partial charge in [-0.3, -0.25) is 10.1 Å². The van der Waals surface area contributed by atoms with Crippen LogP contribution in [0.3, 0.4) is 0 Å². The number of nitrogens with one attached hydrogen (secondary N) is 1. The third-order valence-electron chi connectivity index (χ3n) is 4.64. The van der Waals surface area contributed by atoms with Crippen molar-refractivity contribution < 1.29 is 14.2 Å². The Labute approximate surface area is 153 Å². The number of ether oxygens (including phenoxy) is 3. The summed E-state index contributed by atoms with van der Waals surface area (Å²) >= 11 is 0. The zero-order chi connectivity index (χ0) is 18.4. The fourth-order valence-electron chi connectivity index (χ4n) is 3.41. The third-order valence-corrected chi connectivity index (χ3v) is 4.64. The van der Waals surface area contributed by atoms with E-state index in [1.54, 1.807) is 12.4 Å². The first-order chi connectivity index (χ1) is 13.3. The number of hydrogen-bond donors (Lipinski definition) is 2. The van der Waals surface area contributed by atoms with Crippen molar-refractivity contribution in [2.75, 3.05) is 6.79 Å². The first-order valence-electron chi connectivity index (χ1n) is 8.22. The number of benzene rings is 1. The number of nitrogens with two attached hydrogens (primary N) is 1. The van der Waals surface area contributed by atoms with Gasteiger partial charge in [0.2, 0.25) is 18.6 Å². The lowest BCUT2D eigenvalue weighted by Gasteiger charge is -2.24. The number of rotatable bonds is 2. The van der Waals surface area contributed by atoms with E-state index in [1.165, 1.54) is 0 Å². The number of aromatic nitrogens is 3. The lowest BCUT2D eigenvalue weighted by atomic mass is 9.83. The number of aromatic amines is 1. The predicted octanol–water partition coefficient (Wildman–Crippen LogP) is 2.42. The van der Waals surface area contributed by atoms with Crippen molar-refractivity contribution in [1.82, 2.24) is 15.2 Å². The number of allylic oxidation sites excluding steroid dienone is 1. The minimum atomic E-state index is -0.449. The molecule has 27 heavy (non-hydrogen) atoms. The van der Waals surface area contributed by atoms with Gasteiger partial charge in [0.15, 0.2) is 11.5 Å². The topological polar surface area (TPSA) is 119 Å². The summed E-state index contributed by atoms with van der Waals surface area (Å²) in [5, 5.41) is 17.0. The molecule has 1 unspecified atom stereocenters. The molecule has 8 nitrogen and oxygen atoms in total. The molecular weight excluding hydrogens is 346 g/mol. The number of nitriles is 1. The highest BCUT2D eigenvalue weighted by Crippen LogP contribution is 2.47.